The van der Waals surface area contributed by atoms with Gasteiger partial charge < -0.3 is 11.1 Å². The molecule has 19 heavy (non-hydrogen) atoms. The Bertz CT molecular complexity index is 592. The van der Waals surface area contributed by atoms with Crippen molar-refractivity contribution < 1.29 is 9.59 Å². The smallest absolute Gasteiger partial charge is 0.272 e. The fourth-order valence-corrected chi connectivity index (χ4v) is 1.70. The molecule has 0 aliphatic heterocycles. The van der Waals surface area contributed by atoms with Crippen LogP contribution in [-0.2, 0) is 4.79 Å². The van der Waals surface area contributed by atoms with Crippen molar-refractivity contribution in [1.29, 1.82) is 0 Å². The van der Waals surface area contributed by atoms with Crippen LogP contribution in [0.15, 0.2) is 36.4 Å². The lowest BCUT2D eigenvalue weighted by atomic mass is 10.1. The SMILES string of the molecule is Cc1cc(C(=O)N[C@@H](C(N)=O)c2ccccc2)n[nH]1. The van der Waals surface area contributed by atoms with Gasteiger partial charge in [-0.15, -0.1) is 0 Å². The number of hydrogen-bond donors (Lipinski definition) is 3. The molecule has 0 unspecified atom stereocenters. The molecular weight excluding hydrogens is 244 g/mol. The Morgan fingerprint density at radius 1 is 1.32 bits per heavy atom. The number of aryl methyl sites for hydroxylation is 1. The summed E-state index contributed by atoms with van der Waals surface area (Å²) >= 11 is 0. The summed E-state index contributed by atoms with van der Waals surface area (Å²) in [5.41, 5.74) is 6.94. The Hall–Kier alpha value is -2.63. The molecule has 1 aromatic heterocycles. The molecule has 1 heterocycles. The Morgan fingerprint density at radius 3 is 2.53 bits per heavy atom. The summed E-state index contributed by atoms with van der Waals surface area (Å²) < 4.78 is 0. The fourth-order valence-electron chi connectivity index (χ4n) is 1.70. The number of carbonyl (C=O) groups excluding carboxylic acids is 2. The van der Waals surface area contributed by atoms with Crippen molar-refractivity contribution in [3.63, 3.8) is 0 Å². The molecule has 4 N–H and O–H groups in total. The predicted molar refractivity (Wildman–Crippen MR) is 69.2 cm³/mol. The molecular formula is C13H14N4O2. The molecule has 0 fully saturated rings. The van der Waals surface area contributed by atoms with E-state index in [0.717, 1.165) is 5.69 Å². The third-order valence-corrected chi connectivity index (χ3v) is 2.63. The highest BCUT2D eigenvalue weighted by atomic mass is 16.2. The van der Waals surface area contributed by atoms with Crippen LogP contribution in [-0.4, -0.2) is 22.0 Å². The van der Waals surface area contributed by atoms with E-state index in [1.54, 1.807) is 37.3 Å². The maximum Gasteiger partial charge on any atom is 0.272 e. The molecule has 6 nitrogen and oxygen atoms in total. The second-order valence-electron chi connectivity index (χ2n) is 4.16. The molecule has 0 aliphatic rings. The van der Waals surface area contributed by atoms with Gasteiger partial charge >= 0.3 is 0 Å². The molecule has 98 valence electrons. The number of rotatable bonds is 4. The van der Waals surface area contributed by atoms with Crippen LogP contribution < -0.4 is 11.1 Å². The first-order valence-electron chi connectivity index (χ1n) is 5.75. The van der Waals surface area contributed by atoms with E-state index < -0.39 is 17.9 Å². The van der Waals surface area contributed by atoms with Crippen molar-refractivity contribution in [2.75, 3.05) is 0 Å². The van der Waals surface area contributed by atoms with E-state index in [0.29, 0.717) is 5.56 Å². The molecule has 2 aromatic rings. The number of carbonyl (C=O) groups is 2. The van der Waals surface area contributed by atoms with Crippen LogP contribution in [0.3, 0.4) is 0 Å². The van der Waals surface area contributed by atoms with Gasteiger partial charge in [0.05, 0.1) is 0 Å². The van der Waals surface area contributed by atoms with Crippen molar-refractivity contribution in [1.82, 2.24) is 15.5 Å². The summed E-state index contributed by atoms with van der Waals surface area (Å²) in [5.74, 6) is -1.07. The van der Waals surface area contributed by atoms with E-state index in [2.05, 4.69) is 15.5 Å². The van der Waals surface area contributed by atoms with E-state index in [1.165, 1.54) is 0 Å². The highest BCUT2D eigenvalue weighted by Gasteiger charge is 2.21. The third kappa shape index (κ3) is 2.98. The average molecular weight is 258 g/mol. The number of benzene rings is 1. The van der Waals surface area contributed by atoms with E-state index in [1.807, 2.05) is 6.07 Å². The number of aromatic nitrogens is 2. The number of nitrogens with two attached hydrogens (primary N) is 1. The van der Waals surface area contributed by atoms with Gasteiger partial charge in [-0.2, -0.15) is 5.10 Å². The van der Waals surface area contributed by atoms with Gasteiger partial charge in [0.2, 0.25) is 5.91 Å². The normalized spacial score (nSPS) is 11.8. The Labute approximate surface area is 110 Å². The monoisotopic (exact) mass is 258 g/mol. The van der Waals surface area contributed by atoms with Gasteiger partial charge in [0.15, 0.2) is 0 Å². The van der Waals surface area contributed by atoms with Crippen LogP contribution in [0.5, 0.6) is 0 Å². The molecule has 2 amide bonds. The van der Waals surface area contributed by atoms with Crippen LogP contribution in [0.2, 0.25) is 0 Å². The minimum Gasteiger partial charge on any atom is -0.368 e. The Kier molecular flexibility index (Phi) is 3.61. The Balaban J connectivity index is 2.18. The van der Waals surface area contributed by atoms with Crippen LogP contribution in [0.25, 0.3) is 0 Å². The van der Waals surface area contributed by atoms with Crippen molar-refractivity contribution in [2.24, 2.45) is 5.73 Å². The molecule has 2 rings (SSSR count). The number of amides is 2. The number of nitrogens with zero attached hydrogens (tertiary/aromatic N) is 1. The van der Waals surface area contributed by atoms with Gasteiger partial charge in [-0.1, -0.05) is 30.3 Å². The highest BCUT2D eigenvalue weighted by molar-refractivity contribution is 5.96. The number of hydrogen-bond acceptors (Lipinski definition) is 3. The summed E-state index contributed by atoms with van der Waals surface area (Å²) in [4.78, 5) is 23.4. The number of H-pyrrole nitrogens is 1. The number of primary amides is 1. The molecule has 0 radical (unpaired) electrons. The highest BCUT2D eigenvalue weighted by Crippen LogP contribution is 2.12. The number of nitrogens with one attached hydrogen (secondary N) is 2. The largest absolute Gasteiger partial charge is 0.368 e. The van der Waals surface area contributed by atoms with Crippen LogP contribution in [0, 0.1) is 6.92 Å². The summed E-state index contributed by atoms with van der Waals surface area (Å²) in [7, 11) is 0. The maximum atomic E-state index is 11.9. The first kappa shape index (κ1) is 12.8. The Morgan fingerprint density at radius 2 is 2.00 bits per heavy atom. The molecule has 0 saturated heterocycles. The van der Waals surface area contributed by atoms with Gasteiger partial charge in [-0.25, -0.2) is 0 Å². The van der Waals surface area contributed by atoms with Crippen LogP contribution >= 0.6 is 0 Å². The third-order valence-electron chi connectivity index (χ3n) is 2.63. The zero-order chi connectivity index (χ0) is 13.8. The standard InChI is InChI=1S/C13H14N4O2/c1-8-7-10(17-16-8)13(19)15-11(12(14)18)9-5-3-2-4-6-9/h2-7,11H,1H3,(H2,14,18)(H,15,19)(H,16,17)/t11-/m1/s1. The lowest BCUT2D eigenvalue weighted by molar-refractivity contribution is -0.120. The molecule has 0 spiro atoms. The van der Waals surface area contributed by atoms with Crippen molar-refractivity contribution >= 4 is 11.8 Å². The lowest BCUT2D eigenvalue weighted by Gasteiger charge is -2.14. The van der Waals surface area contributed by atoms with E-state index in [9.17, 15) is 9.59 Å². The van der Waals surface area contributed by atoms with Crippen LogP contribution in [0.4, 0.5) is 0 Å². The first-order chi connectivity index (χ1) is 9.08. The van der Waals surface area contributed by atoms with Crippen molar-refractivity contribution in [3.05, 3.63) is 53.3 Å². The lowest BCUT2D eigenvalue weighted by Crippen LogP contribution is -2.37. The van der Waals surface area contributed by atoms with E-state index in [4.69, 9.17) is 5.73 Å². The van der Waals surface area contributed by atoms with Gasteiger partial charge in [-0.3, -0.25) is 14.7 Å². The summed E-state index contributed by atoms with van der Waals surface area (Å²) in [6.45, 7) is 1.78. The summed E-state index contributed by atoms with van der Waals surface area (Å²) in [6.07, 6.45) is 0. The molecule has 1 aromatic carbocycles. The van der Waals surface area contributed by atoms with Gasteiger partial charge in [0, 0.05) is 5.69 Å². The molecule has 6 heteroatoms. The quantitative estimate of drug-likeness (QED) is 0.751. The van der Waals surface area contributed by atoms with Crippen molar-refractivity contribution in [2.45, 2.75) is 13.0 Å². The maximum absolute atomic E-state index is 11.9. The van der Waals surface area contributed by atoms with Crippen molar-refractivity contribution in [3.8, 4) is 0 Å². The first-order valence-corrected chi connectivity index (χ1v) is 5.75. The van der Waals surface area contributed by atoms with E-state index in [-0.39, 0.29) is 5.69 Å². The second kappa shape index (κ2) is 5.34. The van der Waals surface area contributed by atoms with Crippen LogP contribution in [0.1, 0.15) is 27.8 Å². The van der Waals surface area contributed by atoms with Gasteiger partial charge in [0.1, 0.15) is 11.7 Å². The summed E-state index contributed by atoms with van der Waals surface area (Å²) in [5, 5.41) is 9.06. The fraction of sp³-hybridized carbons (Fsp3) is 0.154. The van der Waals surface area contributed by atoms with Gasteiger partial charge in [-0.05, 0) is 18.6 Å². The summed E-state index contributed by atoms with van der Waals surface area (Å²) in [6, 6.07) is 9.55. The average Bonchev–Trinajstić information content (AvgIpc) is 2.83. The molecule has 0 aliphatic carbocycles. The number of aromatic amines is 1. The van der Waals surface area contributed by atoms with E-state index >= 15 is 0 Å². The topological polar surface area (TPSA) is 101 Å². The minimum atomic E-state index is -0.870. The zero-order valence-electron chi connectivity index (χ0n) is 10.4. The molecule has 0 bridgehead atoms. The minimum absolute atomic E-state index is 0.222. The molecule has 0 saturated carbocycles. The molecule has 1 atom stereocenters. The zero-order valence-corrected chi connectivity index (χ0v) is 10.4. The van der Waals surface area contributed by atoms with Gasteiger partial charge in [0.25, 0.3) is 5.91 Å². The second-order valence-corrected chi connectivity index (χ2v) is 4.16. The predicted octanol–water partition coefficient (Wildman–Crippen LogP) is 0.675.